The lowest BCUT2D eigenvalue weighted by molar-refractivity contribution is -0.118. The van der Waals surface area contributed by atoms with Crippen LogP contribution in [0.25, 0.3) is 0 Å². The smallest absolute Gasteiger partial charge is 0.216 e. The molecule has 0 radical (unpaired) electrons. The third-order valence-electron chi connectivity index (χ3n) is 2.75. The largest absolute Gasteiger partial charge is 0.357 e. The zero-order valence-corrected chi connectivity index (χ0v) is 15.2. The van der Waals surface area contributed by atoms with Crippen molar-refractivity contribution in [2.24, 2.45) is 4.99 Å². The number of amides is 1. The highest BCUT2D eigenvalue weighted by molar-refractivity contribution is 14.0. The predicted molar refractivity (Wildman–Crippen MR) is 98.1 cm³/mol. The zero-order valence-electron chi connectivity index (χ0n) is 12.8. The normalized spacial score (nSPS) is 12.0. The molecule has 0 spiro atoms. The van der Waals surface area contributed by atoms with Crippen LogP contribution in [0.5, 0.6) is 0 Å². The molecule has 1 aromatic carbocycles. The van der Waals surface area contributed by atoms with E-state index >= 15 is 0 Å². The van der Waals surface area contributed by atoms with Crippen LogP contribution in [0.2, 0.25) is 0 Å². The number of aliphatic imine (C=N–C) groups is 1. The van der Waals surface area contributed by atoms with Crippen LogP contribution in [0.4, 0.5) is 0 Å². The molecule has 1 atom stereocenters. The van der Waals surface area contributed by atoms with E-state index in [9.17, 15) is 4.79 Å². The molecule has 1 aromatic rings. The minimum absolute atomic E-state index is 0. The molecule has 0 saturated carbocycles. The second-order valence-corrected chi connectivity index (χ2v) is 4.52. The summed E-state index contributed by atoms with van der Waals surface area (Å²) in [6.45, 7) is 7.52. The molecule has 0 heterocycles. The Hall–Kier alpha value is -1.31. The van der Waals surface area contributed by atoms with E-state index in [2.05, 4.69) is 40.0 Å². The molecule has 6 heteroatoms. The predicted octanol–water partition coefficient (Wildman–Crippen LogP) is 2.06. The quantitative estimate of drug-likeness (QED) is 0.294. The van der Waals surface area contributed by atoms with Gasteiger partial charge in [0, 0.05) is 20.0 Å². The maximum Gasteiger partial charge on any atom is 0.216 e. The van der Waals surface area contributed by atoms with E-state index in [1.807, 2.05) is 25.1 Å². The SMILES string of the molecule is CCNC(=NCCNC(C)=O)NC(C)c1ccccc1.I. The van der Waals surface area contributed by atoms with Gasteiger partial charge in [0.25, 0.3) is 0 Å². The number of nitrogens with zero attached hydrogens (tertiary/aromatic N) is 1. The summed E-state index contributed by atoms with van der Waals surface area (Å²) < 4.78 is 0. The van der Waals surface area contributed by atoms with Gasteiger partial charge in [-0.2, -0.15) is 0 Å². The maximum absolute atomic E-state index is 10.8. The number of rotatable bonds is 6. The number of hydrogen-bond donors (Lipinski definition) is 3. The molecule has 0 aromatic heterocycles. The molecule has 1 amide bonds. The Kier molecular flexibility index (Phi) is 10.7. The van der Waals surface area contributed by atoms with Crippen molar-refractivity contribution in [3.05, 3.63) is 35.9 Å². The second kappa shape index (κ2) is 11.4. The number of nitrogens with one attached hydrogen (secondary N) is 3. The lowest BCUT2D eigenvalue weighted by Gasteiger charge is -2.18. The highest BCUT2D eigenvalue weighted by atomic mass is 127. The Labute approximate surface area is 144 Å². The van der Waals surface area contributed by atoms with Gasteiger partial charge in [-0.1, -0.05) is 30.3 Å². The third kappa shape index (κ3) is 8.54. The molecule has 1 rings (SSSR count). The van der Waals surface area contributed by atoms with Crippen LogP contribution in [0.1, 0.15) is 32.4 Å². The zero-order chi connectivity index (χ0) is 14.8. The molecule has 0 aliphatic rings. The minimum Gasteiger partial charge on any atom is -0.357 e. The van der Waals surface area contributed by atoms with Gasteiger partial charge in [-0.15, -0.1) is 24.0 Å². The highest BCUT2D eigenvalue weighted by Crippen LogP contribution is 2.10. The topological polar surface area (TPSA) is 65.5 Å². The summed E-state index contributed by atoms with van der Waals surface area (Å²) >= 11 is 0. The summed E-state index contributed by atoms with van der Waals surface area (Å²) in [5.74, 6) is 0.727. The molecule has 0 fully saturated rings. The van der Waals surface area contributed by atoms with E-state index < -0.39 is 0 Å². The van der Waals surface area contributed by atoms with Gasteiger partial charge in [0.15, 0.2) is 5.96 Å². The molecule has 118 valence electrons. The van der Waals surface area contributed by atoms with Gasteiger partial charge in [-0.3, -0.25) is 9.79 Å². The summed E-state index contributed by atoms with van der Waals surface area (Å²) in [6, 6.07) is 10.4. The monoisotopic (exact) mass is 404 g/mol. The van der Waals surface area contributed by atoms with Crippen molar-refractivity contribution >= 4 is 35.8 Å². The first-order valence-electron chi connectivity index (χ1n) is 6.97. The molecular formula is C15H25IN4O. The van der Waals surface area contributed by atoms with Crippen LogP contribution in [0.15, 0.2) is 35.3 Å². The van der Waals surface area contributed by atoms with Crippen molar-refractivity contribution in [2.45, 2.75) is 26.8 Å². The van der Waals surface area contributed by atoms with E-state index in [0.29, 0.717) is 13.1 Å². The lowest BCUT2D eigenvalue weighted by atomic mass is 10.1. The Bertz CT molecular complexity index is 437. The fourth-order valence-electron chi connectivity index (χ4n) is 1.75. The van der Waals surface area contributed by atoms with Gasteiger partial charge in [0.2, 0.25) is 5.91 Å². The Morgan fingerprint density at radius 2 is 1.90 bits per heavy atom. The Balaban J connectivity index is 0.00000400. The van der Waals surface area contributed by atoms with E-state index in [1.165, 1.54) is 12.5 Å². The number of halogens is 1. The van der Waals surface area contributed by atoms with Crippen LogP contribution < -0.4 is 16.0 Å². The first-order valence-corrected chi connectivity index (χ1v) is 6.97. The molecular weight excluding hydrogens is 379 g/mol. The molecule has 5 nitrogen and oxygen atoms in total. The molecule has 1 unspecified atom stereocenters. The van der Waals surface area contributed by atoms with Gasteiger partial charge in [-0.05, 0) is 19.4 Å². The van der Waals surface area contributed by atoms with Crippen molar-refractivity contribution < 1.29 is 4.79 Å². The molecule has 21 heavy (non-hydrogen) atoms. The van der Waals surface area contributed by atoms with Gasteiger partial charge >= 0.3 is 0 Å². The average molecular weight is 404 g/mol. The maximum atomic E-state index is 10.8. The van der Waals surface area contributed by atoms with Gasteiger partial charge < -0.3 is 16.0 Å². The summed E-state index contributed by atoms with van der Waals surface area (Å²) in [6.07, 6.45) is 0. The number of benzene rings is 1. The van der Waals surface area contributed by atoms with Gasteiger partial charge in [0.1, 0.15) is 0 Å². The molecule has 0 bridgehead atoms. The van der Waals surface area contributed by atoms with Crippen molar-refractivity contribution in [1.82, 2.24) is 16.0 Å². The fourth-order valence-corrected chi connectivity index (χ4v) is 1.75. The standard InChI is InChI=1S/C15H24N4O.HI/c1-4-16-15(18-11-10-17-13(3)20)19-12(2)14-8-6-5-7-9-14;/h5-9,12H,4,10-11H2,1-3H3,(H,17,20)(H2,16,18,19);1H. The summed E-state index contributed by atoms with van der Waals surface area (Å²) in [7, 11) is 0. The Morgan fingerprint density at radius 1 is 1.24 bits per heavy atom. The highest BCUT2D eigenvalue weighted by Gasteiger charge is 2.06. The van der Waals surface area contributed by atoms with Crippen molar-refractivity contribution in [3.8, 4) is 0 Å². The summed E-state index contributed by atoms with van der Waals surface area (Å²) in [5, 5.41) is 9.27. The van der Waals surface area contributed by atoms with Crippen LogP contribution in [0, 0.1) is 0 Å². The minimum atomic E-state index is -0.0317. The molecule has 0 aliphatic carbocycles. The summed E-state index contributed by atoms with van der Waals surface area (Å²) in [4.78, 5) is 15.2. The van der Waals surface area contributed by atoms with Gasteiger partial charge in [-0.25, -0.2) is 0 Å². The lowest BCUT2D eigenvalue weighted by Crippen LogP contribution is -2.39. The fraction of sp³-hybridized carbons (Fsp3) is 0.467. The van der Waals surface area contributed by atoms with Crippen LogP contribution in [-0.2, 0) is 4.79 Å². The van der Waals surface area contributed by atoms with Crippen molar-refractivity contribution in [3.63, 3.8) is 0 Å². The van der Waals surface area contributed by atoms with Crippen LogP contribution >= 0.6 is 24.0 Å². The van der Waals surface area contributed by atoms with Crippen LogP contribution in [0.3, 0.4) is 0 Å². The van der Waals surface area contributed by atoms with E-state index in [4.69, 9.17) is 0 Å². The van der Waals surface area contributed by atoms with Gasteiger partial charge in [0.05, 0.1) is 12.6 Å². The first-order chi connectivity index (χ1) is 9.63. The average Bonchev–Trinajstić information content (AvgIpc) is 2.44. The number of hydrogen-bond acceptors (Lipinski definition) is 2. The molecule has 3 N–H and O–H groups in total. The van der Waals surface area contributed by atoms with E-state index in [0.717, 1.165) is 12.5 Å². The van der Waals surface area contributed by atoms with Crippen molar-refractivity contribution in [2.75, 3.05) is 19.6 Å². The van der Waals surface area contributed by atoms with E-state index in [1.54, 1.807) is 0 Å². The van der Waals surface area contributed by atoms with Crippen LogP contribution in [-0.4, -0.2) is 31.5 Å². The number of guanidine groups is 1. The van der Waals surface area contributed by atoms with Crippen molar-refractivity contribution in [1.29, 1.82) is 0 Å². The third-order valence-corrected chi connectivity index (χ3v) is 2.75. The molecule has 0 saturated heterocycles. The molecule has 0 aliphatic heterocycles. The Morgan fingerprint density at radius 3 is 2.48 bits per heavy atom. The second-order valence-electron chi connectivity index (χ2n) is 4.52. The van der Waals surface area contributed by atoms with E-state index in [-0.39, 0.29) is 35.9 Å². The number of carbonyl (C=O) groups excluding carboxylic acids is 1. The summed E-state index contributed by atoms with van der Waals surface area (Å²) in [5.41, 5.74) is 1.21. The number of carbonyl (C=O) groups is 1. The first kappa shape index (κ1) is 19.7.